The first-order valence-corrected chi connectivity index (χ1v) is 12.2. The Kier molecular flexibility index (Phi) is 12.0. The summed E-state index contributed by atoms with van der Waals surface area (Å²) in [5.41, 5.74) is 1.36. The molecule has 0 saturated heterocycles. The van der Waals surface area contributed by atoms with Crippen LogP contribution in [-0.2, 0) is 20.7 Å². The molecule has 2 N–H and O–H groups in total. The Bertz CT molecular complexity index is 955. The number of carbonyl (C=O) groups is 2. The van der Waals surface area contributed by atoms with E-state index in [1.165, 1.54) is 4.90 Å². The van der Waals surface area contributed by atoms with E-state index in [2.05, 4.69) is 21.2 Å². The average Bonchev–Trinajstić information content (AvgIpc) is 2.82. The van der Waals surface area contributed by atoms with Crippen molar-refractivity contribution in [2.75, 3.05) is 44.8 Å². The highest BCUT2D eigenvalue weighted by Crippen LogP contribution is 2.17. The van der Waals surface area contributed by atoms with Gasteiger partial charge in [0.05, 0.1) is 13.2 Å². The number of benzene rings is 2. The smallest absolute Gasteiger partial charge is 0.333 e. The van der Waals surface area contributed by atoms with E-state index in [4.69, 9.17) is 14.2 Å². The molecule has 0 heterocycles. The van der Waals surface area contributed by atoms with Crippen LogP contribution in [0.2, 0.25) is 0 Å². The van der Waals surface area contributed by atoms with Crippen molar-refractivity contribution in [3.63, 3.8) is 0 Å². The van der Waals surface area contributed by atoms with Crippen molar-refractivity contribution in [2.24, 2.45) is 0 Å². The number of hydrogen-bond acceptors (Lipinski definition) is 5. The molecule has 1 unspecified atom stereocenters. The number of halogens is 3. The summed E-state index contributed by atoms with van der Waals surface area (Å²) in [5, 5.41) is 12.0. The van der Waals surface area contributed by atoms with Gasteiger partial charge in [0.2, 0.25) is 0 Å². The summed E-state index contributed by atoms with van der Waals surface area (Å²) < 4.78 is 42.9. The first-order chi connectivity index (χ1) is 17.1. The van der Waals surface area contributed by atoms with Crippen LogP contribution in [-0.4, -0.2) is 73.6 Å². The molecule has 1 atom stereocenters. The Balaban J connectivity index is 1.92. The van der Waals surface area contributed by atoms with Crippen LogP contribution in [0.4, 0.5) is 19.3 Å². The summed E-state index contributed by atoms with van der Waals surface area (Å²) in [7, 11) is 0. The predicted molar refractivity (Wildman–Crippen MR) is 135 cm³/mol. The summed E-state index contributed by atoms with van der Waals surface area (Å²) in [5.74, 6) is -3.44. The number of hydrogen-bond donors (Lipinski definition) is 2. The van der Waals surface area contributed by atoms with Crippen molar-refractivity contribution in [1.82, 2.24) is 4.90 Å². The molecule has 36 heavy (non-hydrogen) atoms. The van der Waals surface area contributed by atoms with Crippen LogP contribution in [0.25, 0.3) is 0 Å². The second kappa shape index (κ2) is 14.7. The Hall–Kier alpha value is -2.76. The standard InChI is InChI=1S/C25H31BrF2N2O6/c1-3-35-22(23(31)32)16-18-4-10-21(11-5-18)36-15-13-30(12-14-34-17-25(2,27)28)24(33)29-20-8-6-19(26)7-9-20/h4-11,22H,3,12-17H2,1-2H3,(H,29,33)(H,31,32). The maximum Gasteiger partial charge on any atom is 0.333 e. The van der Waals surface area contributed by atoms with Crippen LogP contribution in [0, 0.1) is 0 Å². The number of alkyl halides is 2. The van der Waals surface area contributed by atoms with Crippen molar-refractivity contribution in [3.05, 3.63) is 58.6 Å². The van der Waals surface area contributed by atoms with Gasteiger partial charge in [-0.1, -0.05) is 28.1 Å². The number of aliphatic carboxylic acids is 1. The zero-order valence-electron chi connectivity index (χ0n) is 20.2. The van der Waals surface area contributed by atoms with Gasteiger partial charge in [-0.15, -0.1) is 0 Å². The SMILES string of the molecule is CCOC(Cc1ccc(OCCN(CCOCC(C)(F)F)C(=O)Nc2ccc(Br)cc2)cc1)C(=O)O. The molecule has 0 fully saturated rings. The van der Waals surface area contributed by atoms with Gasteiger partial charge in [0.15, 0.2) is 6.10 Å². The summed E-state index contributed by atoms with van der Waals surface area (Å²) in [6.07, 6.45) is -0.695. The number of nitrogens with one attached hydrogen (secondary N) is 1. The van der Waals surface area contributed by atoms with Gasteiger partial charge in [0, 0.05) is 36.7 Å². The summed E-state index contributed by atoms with van der Waals surface area (Å²) in [6, 6.07) is 13.5. The molecule has 0 aliphatic rings. The third-order valence-corrected chi connectivity index (χ3v) is 5.39. The molecular formula is C25H31BrF2N2O6. The fourth-order valence-electron chi connectivity index (χ4n) is 3.11. The van der Waals surface area contributed by atoms with Crippen LogP contribution in [0.15, 0.2) is 53.0 Å². The molecule has 0 aliphatic heterocycles. The number of nitrogens with zero attached hydrogens (tertiary/aromatic N) is 1. The lowest BCUT2D eigenvalue weighted by atomic mass is 10.1. The van der Waals surface area contributed by atoms with E-state index in [9.17, 15) is 23.5 Å². The minimum absolute atomic E-state index is 0.0591. The second-order valence-corrected chi connectivity index (χ2v) is 8.94. The first kappa shape index (κ1) is 29.5. The van der Waals surface area contributed by atoms with Gasteiger partial charge in [-0.25, -0.2) is 18.4 Å². The van der Waals surface area contributed by atoms with Crippen LogP contribution >= 0.6 is 15.9 Å². The van der Waals surface area contributed by atoms with Crippen molar-refractivity contribution in [1.29, 1.82) is 0 Å². The van der Waals surface area contributed by atoms with Gasteiger partial charge >= 0.3 is 12.0 Å². The van der Waals surface area contributed by atoms with Crippen molar-refractivity contribution in [3.8, 4) is 5.75 Å². The number of carboxylic acids is 1. The Morgan fingerprint density at radius 1 is 1.08 bits per heavy atom. The number of rotatable bonds is 15. The molecule has 2 aromatic rings. The van der Waals surface area contributed by atoms with E-state index in [0.717, 1.165) is 17.0 Å². The van der Waals surface area contributed by atoms with E-state index >= 15 is 0 Å². The fraction of sp³-hybridized carbons (Fsp3) is 0.440. The average molecular weight is 573 g/mol. The van der Waals surface area contributed by atoms with E-state index in [1.807, 2.05) is 0 Å². The van der Waals surface area contributed by atoms with Gasteiger partial charge in [0.25, 0.3) is 5.92 Å². The van der Waals surface area contributed by atoms with Crippen molar-refractivity contribution in [2.45, 2.75) is 32.3 Å². The highest BCUT2D eigenvalue weighted by atomic mass is 79.9. The number of urea groups is 1. The topological polar surface area (TPSA) is 97.3 Å². The van der Waals surface area contributed by atoms with Gasteiger partial charge < -0.3 is 29.5 Å². The van der Waals surface area contributed by atoms with Crippen LogP contribution in [0.3, 0.4) is 0 Å². The molecule has 198 valence electrons. The van der Waals surface area contributed by atoms with Gasteiger partial charge in [-0.2, -0.15) is 0 Å². The maximum atomic E-state index is 13.0. The van der Waals surface area contributed by atoms with Crippen molar-refractivity contribution >= 4 is 33.6 Å². The molecule has 0 radical (unpaired) electrons. The molecule has 8 nitrogen and oxygen atoms in total. The largest absolute Gasteiger partial charge is 0.492 e. The third-order valence-electron chi connectivity index (χ3n) is 4.86. The lowest BCUT2D eigenvalue weighted by molar-refractivity contribution is -0.149. The van der Waals surface area contributed by atoms with Crippen molar-refractivity contribution < 1.29 is 37.7 Å². The van der Waals surface area contributed by atoms with Gasteiger partial charge in [0.1, 0.15) is 19.0 Å². The molecule has 0 bridgehead atoms. The predicted octanol–water partition coefficient (Wildman–Crippen LogP) is 5.07. The summed E-state index contributed by atoms with van der Waals surface area (Å²) >= 11 is 3.33. The lowest BCUT2D eigenvalue weighted by Gasteiger charge is -2.23. The monoisotopic (exact) mass is 572 g/mol. The summed E-state index contributed by atoms with van der Waals surface area (Å²) in [4.78, 5) is 25.5. The number of ether oxygens (including phenoxy) is 3. The molecule has 11 heteroatoms. The molecule has 0 spiro atoms. The Labute approximate surface area is 217 Å². The molecular weight excluding hydrogens is 542 g/mol. The molecule has 0 aromatic heterocycles. The van der Waals surface area contributed by atoms with E-state index in [0.29, 0.717) is 18.0 Å². The zero-order chi connectivity index (χ0) is 26.6. The number of amides is 2. The fourth-order valence-corrected chi connectivity index (χ4v) is 3.37. The zero-order valence-corrected chi connectivity index (χ0v) is 21.8. The minimum atomic E-state index is -2.95. The molecule has 0 saturated carbocycles. The first-order valence-electron chi connectivity index (χ1n) is 11.4. The molecule has 2 amide bonds. The molecule has 2 aromatic carbocycles. The van der Waals surface area contributed by atoms with E-state index in [1.54, 1.807) is 55.5 Å². The normalized spacial score (nSPS) is 12.1. The van der Waals surface area contributed by atoms with Gasteiger partial charge in [-0.3, -0.25) is 0 Å². The third kappa shape index (κ3) is 11.3. The number of carboxylic acid groups (broad SMARTS) is 1. The minimum Gasteiger partial charge on any atom is -0.492 e. The second-order valence-electron chi connectivity index (χ2n) is 8.03. The van der Waals surface area contributed by atoms with E-state index in [-0.39, 0.29) is 32.7 Å². The molecule has 2 rings (SSSR count). The number of anilines is 1. The lowest BCUT2D eigenvalue weighted by Crippen LogP contribution is -2.40. The van der Waals surface area contributed by atoms with Crippen LogP contribution in [0.1, 0.15) is 19.4 Å². The Morgan fingerprint density at radius 3 is 2.31 bits per heavy atom. The summed E-state index contributed by atoms with van der Waals surface area (Å²) in [6.45, 7) is 2.43. The van der Waals surface area contributed by atoms with Crippen LogP contribution < -0.4 is 10.1 Å². The van der Waals surface area contributed by atoms with E-state index < -0.39 is 30.6 Å². The maximum absolute atomic E-state index is 13.0. The highest BCUT2D eigenvalue weighted by Gasteiger charge is 2.22. The van der Waals surface area contributed by atoms with Crippen LogP contribution in [0.5, 0.6) is 5.75 Å². The number of carbonyl (C=O) groups excluding carboxylic acids is 1. The molecule has 0 aliphatic carbocycles. The van der Waals surface area contributed by atoms with Gasteiger partial charge in [-0.05, 0) is 48.9 Å². The highest BCUT2D eigenvalue weighted by molar-refractivity contribution is 9.10. The Morgan fingerprint density at radius 2 is 1.72 bits per heavy atom. The quantitative estimate of drug-likeness (QED) is 0.289.